The van der Waals surface area contributed by atoms with Gasteiger partial charge in [0.1, 0.15) is 0 Å². The lowest BCUT2D eigenvalue weighted by Crippen LogP contribution is -3.00. The van der Waals surface area contributed by atoms with Gasteiger partial charge in [0.15, 0.2) is 6.20 Å². The smallest absolute Gasteiger partial charge is 0.245 e. The fraction of sp³-hybridized carbons (Fsp3) is 0.167. The van der Waals surface area contributed by atoms with Crippen LogP contribution in [0.2, 0.25) is 0 Å². The van der Waals surface area contributed by atoms with Gasteiger partial charge < -0.3 is 24.0 Å². The predicted octanol–water partition coefficient (Wildman–Crippen LogP) is -0.607. The molecule has 84 valence electrons. The molecule has 0 amide bonds. The topological polar surface area (TPSA) is 16.8 Å². The molecular weight excluding hydrogens is 331 g/mol. The Balaban J connectivity index is 0.00000128. The fourth-order valence-electron chi connectivity index (χ4n) is 1.41. The zero-order chi connectivity index (χ0) is 10.7. The molecule has 0 aliphatic rings. The summed E-state index contributed by atoms with van der Waals surface area (Å²) in [7, 11) is 0. The lowest BCUT2D eigenvalue weighted by Gasteiger charge is -1.99. The van der Waals surface area contributed by atoms with Crippen molar-refractivity contribution >= 4 is 11.8 Å². The Hall–Kier alpha value is -0.620. The summed E-state index contributed by atoms with van der Waals surface area (Å²) in [4.78, 5) is 4.30. The van der Waals surface area contributed by atoms with Gasteiger partial charge in [-0.15, -0.1) is 0 Å². The minimum Gasteiger partial charge on any atom is -1.00 e. The number of aryl methyl sites for hydroxylation is 1. The van der Waals surface area contributed by atoms with E-state index >= 15 is 0 Å². The Morgan fingerprint density at radius 1 is 1.19 bits per heavy atom. The molecule has 0 saturated carbocycles. The standard InChI is InChI=1S/C12H13N2S.HI/c1-10-6-7-11(9-13-10)14-8-4-3-5-12(14)15-2;/h3-9H,1-2H3;1H/q+1;/p-1. The van der Waals surface area contributed by atoms with E-state index in [2.05, 4.69) is 34.1 Å². The van der Waals surface area contributed by atoms with Crippen molar-refractivity contribution < 1.29 is 28.5 Å². The Morgan fingerprint density at radius 2 is 2.00 bits per heavy atom. The molecular formula is C12H13IN2S. The molecule has 0 aliphatic carbocycles. The van der Waals surface area contributed by atoms with Crippen LogP contribution >= 0.6 is 11.8 Å². The molecule has 0 saturated heterocycles. The molecule has 0 unspecified atom stereocenters. The van der Waals surface area contributed by atoms with E-state index in [1.807, 2.05) is 31.3 Å². The van der Waals surface area contributed by atoms with Crippen molar-refractivity contribution in [1.29, 1.82) is 0 Å². The van der Waals surface area contributed by atoms with Gasteiger partial charge in [0.25, 0.3) is 0 Å². The molecule has 0 bridgehead atoms. The van der Waals surface area contributed by atoms with Gasteiger partial charge in [0.05, 0.1) is 6.20 Å². The van der Waals surface area contributed by atoms with E-state index in [0.717, 1.165) is 11.4 Å². The molecule has 2 aromatic heterocycles. The number of thioether (sulfide) groups is 1. The van der Waals surface area contributed by atoms with Crippen LogP contribution in [-0.2, 0) is 0 Å². The highest BCUT2D eigenvalue weighted by Crippen LogP contribution is 2.10. The van der Waals surface area contributed by atoms with Crippen molar-refractivity contribution in [3.8, 4) is 5.69 Å². The first kappa shape index (κ1) is 13.4. The molecule has 2 rings (SSSR count). The summed E-state index contributed by atoms with van der Waals surface area (Å²) in [5.41, 5.74) is 2.14. The summed E-state index contributed by atoms with van der Waals surface area (Å²) >= 11 is 1.73. The highest BCUT2D eigenvalue weighted by molar-refractivity contribution is 7.98. The Labute approximate surface area is 117 Å². The number of rotatable bonds is 2. The minimum atomic E-state index is 0. The number of hydrogen-bond acceptors (Lipinski definition) is 2. The first-order valence-corrected chi connectivity index (χ1v) is 6.01. The van der Waals surface area contributed by atoms with Crippen LogP contribution in [-0.4, -0.2) is 11.2 Å². The van der Waals surface area contributed by atoms with Gasteiger partial charge in [-0.1, -0.05) is 11.8 Å². The van der Waals surface area contributed by atoms with Crippen LogP contribution in [0, 0.1) is 6.92 Å². The van der Waals surface area contributed by atoms with Crippen molar-refractivity contribution in [1.82, 2.24) is 4.98 Å². The summed E-state index contributed by atoms with van der Waals surface area (Å²) in [6.07, 6.45) is 6.03. The summed E-state index contributed by atoms with van der Waals surface area (Å²) in [6, 6.07) is 10.3. The van der Waals surface area contributed by atoms with E-state index in [1.165, 1.54) is 5.03 Å². The number of hydrogen-bond donors (Lipinski definition) is 0. The van der Waals surface area contributed by atoms with Gasteiger partial charge in [-0.05, 0) is 25.3 Å². The van der Waals surface area contributed by atoms with Crippen molar-refractivity contribution in [2.75, 3.05) is 6.26 Å². The van der Waals surface area contributed by atoms with Gasteiger partial charge >= 0.3 is 0 Å². The predicted molar refractivity (Wildman–Crippen MR) is 62.3 cm³/mol. The van der Waals surface area contributed by atoms with Gasteiger partial charge in [0, 0.05) is 23.9 Å². The first-order valence-electron chi connectivity index (χ1n) is 4.79. The highest BCUT2D eigenvalue weighted by Gasteiger charge is 2.11. The van der Waals surface area contributed by atoms with Crippen molar-refractivity contribution in [3.63, 3.8) is 0 Å². The first-order chi connectivity index (χ1) is 7.31. The van der Waals surface area contributed by atoms with Crippen LogP contribution in [0.1, 0.15) is 5.69 Å². The SMILES string of the molecule is CSc1cccc[n+]1-c1ccc(C)nc1.[I-]. The maximum absolute atomic E-state index is 4.30. The van der Waals surface area contributed by atoms with Gasteiger partial charge in [-0.25, -0.2) is 0 Å². The van der Waals surface area contributed by atoms with Gasteiger partial charge in [0.2, 0.25) is 10.7 Å². The Kier molecular flexibility index (Phi) is 5.21. The minimum absolute atomic E-state index is 0. The van der Waals surface area contributed by atoms with Crippen LogP contribution in [0.4, 0.5) is 0 Å². The van der Waals surface area contributed by atoms with Crippen molar-refractivity contribution in [2.24, 2.45) is 0 Å². The quantitative estimate of drug-likeness (QED) is 0.411. The summed E-state index contributed by atoms with van der Waals surface area (Å²) < 4.78 is 2.14. The normalized spacial score (nSPS) is 9.62. The second-order valence-electron chi connectivity index (χ2n) is 3.27. The molecule has 16 heavy (non-hydrogen) atoms. The second-order valence-corrected chi connectivity index (χ2v) is 4.10. The van der Waals surface area contributed by atoms with E-state index in [0.29, 0.717) is 0 Å². The number of halogens is 1. The third-order valence-corrected chi connectivity index (χ3v) is 2.96. The average molecular weight is 344 g/mol. The van der Waals surface area contributed by atoms with E-state index < -0.39 is 0 Å². The third-order valence-electron chi connectivity index (χ3n) is 2.21. The zero-order valence-electron chi connectivity index (χ0n) is 9.22. The molecule has 0 aromatic carbocycles. The molecule has 2 nitrogen and oxygen atoms in total. The molecule has 0 aliphatic heterocycles. The number of pyridine rings is 2. The summed E-state index contributed by atoms with van der Waals surface area (Å²) in [6.45, 7) is 1.99. The molecule has 4 heteroatoms. The van der Waals surface area contributed by atoms with Crippen LogP contribution < -0.4 is 28.5 Å². The molecule has 0 spiro atoms. The second kappa shape index (κ2) is 6.20. The monoisotopic (exact) mass is 344 g/mol. The number of aromatic nitrogens is 2. The fourth-order valence-corrected chi connectivity index (χ4v) is 1.99. The Bertz CT molecular complexity index is 457. The molecule has 2 aromatic rings. The van der Waals surface area contributed by atoms with Crippen LogP contribution in [0.5, 0.6) is 0 Å². The lowest BCUT2D eigenvalue weighted by atomic mass is 10.3. The molecule has 0 fully saturated rings. The van der Waals surface area contributed by atoms with Crippen molar-refractivity contribution in [3.05, 3.63) is 48.4 Å². The number of nitrogens with zero attached hydrogens (tertiary/aromatic N) is 2. The third kappa shape index (κ3) is 2.95. The average Bonchev–Trinajstić information content (AvgIpc) is 2.30. The van der Waals surface area contributed by atoms with Crippen LogP contribution in [0.3, 0.4) is 0 Å². The van der Waals surface area contributed by atoms with Crippen LogP contribution in [0.15, 0.2) is 47.8 Å². The lowest BCUT2D eigenvalue weighted by molar-refractivity contribution is -0.636. The van der Waals surface area contributed by atoms with Crippen molar-refractivity contribution in [2.45, 2.75) is 11.9 Å². The highest BCUT2D eigenvalue weighted by atomic mass is 127. The van der Waals surface area contributed by atoms with E-state index in [-0.39, 0.29) is 24.0 Å². The molecule has 0 radical (unpaired) electrons. The Morgan fingerprint density at radius 3 is 2.62 bits per heavy atom. The maximum Gasteiger partial charge on any atom is 0.245 e. The molecule has 2 heterocycles. The summed E-state index contributed by atoms with van der Waals surface area (Å²) in [5.74, 6) is 0. The molecule has 0 N–H and O–H groups in total. The largest absolute Gasteiger partial charge is 1.00 e. The van der Waals surface area contributed by atoms with Gasteiger partial charge in [-0.2, -0.15) is 4.57 Å². The van der Waals surface area contributed by atoms with E-state index in [9.17, 15) is 0 Å². The van der Waals surface area contributed by atoms with E-state index in [1.54, 1.807) is 11.8 Å². The summed E-state index contributed by atoms with van der Waals surface area (Å²) in [5, 5.41) is 1.21. The maximum atomic E-state index is 4.30. The zero-order valence-corrected chi connectivity index (χ0v) is 12.2. The molecule has 0 atom stereocenters. The van der Waals surface area contributed by atoms with E-state index in [4.69, 9.17) is 0 Å². The van der Waals surface area contributed by atoms with Gasteiger partial charge in [-0.3, -0.25) is 4.98 Å². The van der Waals surface area contributed by atoms with Crippen LogP contribution in [0.25, 0.3) is 5.69 Å².